The minimum atomic E-state index is -0.381. The Hall–Kier alpha value is -2.72. The number of carbonyl (C=O) groups is 2. The Morgan fingerprint density at radius 2 is 2.00 bits per heavy atom. The van der Waals surface area contributed by atoms with Gasteiger partial charge in [-0.25, -0.2) is 4.98 Å². The van der Waals surface area contributed by atoms with Gasteiger partial charge in [0.25, 0.3) is 5.91 Å². The summed E-state index contributed by atoms with van der Waals surface area (Å²) in [6.07, 6.45) is 0. The number of thioether (sulfide) groups is 1. The Labute approximate surface area is 189 Å². The molecule has 2 heterocycles. The first kappa shape index (κ1) is 23.0. The van der Waals surface area contributed by atoms with Gasteiger partial charge in [-0.3, -0.25) is 9.59 Å². The first-order valence-corrected chi connectivity index (χ1v) is 11.7. The van der Waals surface area contributed by atoms with Crippen molar-refractivity contribution in [2.75, 3.05) is 5.32 Å². The van der Waals surface area contributed by atoms with Gasteiger partial charge in [0.15, 0.2) is 16.1 Å². The third kappa shape index (κ3) is 5.71. The van der Waals surface area contributed by atoms with Crippen LogP contribution in [0.4, 0.5) is 5.13 Å². The zero-order chi connectivity index (χ0) is 22.5. The zero-order valence-electron chi connectivity index (χ0n) is 18.2. The maximum Gasteiger partial charge on any atom is 0.251 e. The van der Waals surface area contributed by atoms with E-state index >= 15 is 0 Å². The van der Waals surface area contributed by atoms with Gasteiger partial charge in [0.2, 0.25) is 5.91 Å². The van der Waals surface area contributed by atoms with Crippen LogP contribution >= 0.6 is 23.1 Å². The molecule has 0 spiro atoms. The molecule has 2 aromatic heterocycles. The Kier molecular flexibility index (Phi) is 7.45. The van der Waals surface area contributed by atoms with E-state index in [0.717, 1.165) is 16.1 Å². The van der Waals surface area contributed by atoms with Crippen LogP contribution in [0.1, 0.15) is 46.2 Å². The van der Waals surface area contributed by atoms with Gasteiger partial charge in [-0.15, -0.1) is 21.5 Å². The lowest BCUT2D eigenvalue weighted by Gasteiger charge is -2.12. The van der Waals surface area contributed by atoms with Gasteiger partial charge in [0, 0.05) is 17.0 Å². The predicted molar refractivity (Wildman–Crippen MR) is 124 cm³/mol. The molecule has 0 aliphatic rings. The zero-order valence-corrected chi connectivity index (χ0v) is 19.9. The molecule has 8 nitrogen and oxygen atoms in total. The number of thiazole rings is 1. The molecule has 0 fully saturated rings. The largest absolute Gasteiger partial charge is 0.345 e. The van der Waals surface area contributed by atoms with E-state index in [9.17, 15) is 9.59 Å². The fourth-order valence-corrected chi connectivity index (χ4v) is 4.60. The van der Waals surface area contributed by atoms with Crippen LogP contribution in [-0.4, -0.2) is 36.8 Å². The molecule has 1 aromatic carbocycles. The van der Waals surface area contributed by atoms with E-state index in [1.165, 1.54) is 23.1 Å². The number of hydrogen-bond donors (Lipinski definition) is 2. The van der Waals surface area contributed by atoms with Crippen molar-refractivity contribution in [3.05, 3.63) is 51.8 Å². The number of anilines is 1. The van der Waals surface area contributed by atoms with Crippen molar-refractivity contribution in [2.45, 2.75) is 58.1 Å². The Morgan fingerprint density at radius 3 is 2.65 bits per heavy atom. The average Bonchev–Trinajstić information content (AvgIpc) is 3.27. The number of aromatic nitrogens is 4. The number of carbonyl (C=O) groups excluding carboxylic acids is 2. The topological polar surface area (TPSA) is 102 Å². The molecule has 0 unspecified atom stereocenters. The van der Waals surface area contributed by atoms with Crippen molar-refractivity contribution in [3.8, 4) is 0 Å². The van der Waals surface area contributed by atoms with Gasteiger partial charge >= 0.3 is 0 Å². The molecule has 0 aliphatic heterocycles. The molecule has 31 heavy (non-hydrogen) atoms. The molecule has 0 aliphatic carbocycles. The van der Waals surface area contributed by atoms with Crippen molar-refractivity contribution in [2.24, 2.45) is 0 Å². The maximum absolute atomic E-state index is 12.6. The first-order chi connectivity index (χ1) is 14.8. The van der Waals surface area contributed by atoms with Gasteiger partial charge in [0.1, 0.15) is 0 Å². The summed E-state index contributed by atoms with van der Waals surface area (Å²) in [4.78, 5) is 30.4. The van der Waals surface area contributed by atoms with Crippen LogP contribution in [0.3, 0.4) is 0 Å². The number of aryl methyl sites for hydroxylation is 3. The van der Waals surface area contributed by atoms with Crippen molar-refractivity contribution in [1.29, 1.82) is 0 Å². The van der Waals surface area contributed by atoms with Crippen LogP contribution in [0, 0.1) is 20.8 Å². The molecular weight excluding hydrogens is 432 g/mol. The molecule has 2 N–H and O–H groups in total. The van der Waals surface area contributed by atoms with Crippen molar-refractivity contribution >= 4 is 40.0 Å². The summed E-state index contributed by atoms with van der Waals surface area (Å²) in [6, 6.07) is 7.42. The quantitative estimate of drug-likeness (QED) is 0.499. The average molecular weight is 459 g/mol. The maximum atomic E-state index is 12.6. The summed E-state index contributed by atoms with van der Waals surface area (Å²) >= 11 is 2.79. The summed E-state index contributed by atoms with van der Waals surface area (Å²) in [5.74, 6) is 0.342. The smallest absolute Gasteiger partial charge is 0.251 e. The van der Waals surface area contributed by atoms with E-state index in [0.29, 0.717) is 28.2 Å². The highest BCUT2D eigenvalue weighted by atomic mass is 32.2. The van der Waals surface area contributed by atoms with Crippen LogP contribution in [0.25, 0.3) is 0 Å². The van der Waals surface area contributed by atoms with E-state index in [4.69, 9.17) is 0 Å². The molecule has 0 saturated heterocycles. The van der Waals surface area contributed by atoms with E-state index in [-0.39, 0.29) is 23.6 Å². The lowest BCUT2D eigenvalue weighted by molar-refractivity contribution is -0.115. The highest BCUT2D eigenvalue weighted by Gasteiger charge is 2.21. The molecule has 2 amide bonds. The highest BCUT2D eigenvalue weighted by molar-refractivity contribution is 8.00. The second-order valence-electron chi connectivity index (χ2n) is 7.11. The lowest BCUT2D eigenvalue weighted by Crippen LogP contribution is -2.25. The molecule has 1 atom stereocenters. The van der Waals surface area contributed by atoms with Crippen LogP contribution < -0.4 is 10.6 Å². The monoisotopic (exact) mass is 458 g/mol. The third-order valence-electron chi connectivity index (χ3n) is 4.71. The molecule has 0 radical (unpaired) electrons. The van der Waals surface area contributed by atoms with Gasteiger partial charge in [-0.05, 0) is 46.8 Å². The number of rotatable bonds is 8. The minimum Gasteiger partial charge on any atom is -0.345 e. The first-order valence-electron chi connectivity index (χ1n) is 9.97. The highest BCUT2D eigenvalue weighted by Crippen LogP contribution is 2.25. The van der Waals surface area contributed by atoms with Crippen LogP contribution in [0.2, 0.25) is 0 Å². The van der Waals surface area contributed by atoms with Crippen LogP contribution in [-0.2, 0) is 17.9 Å². The third-order valence-corrected chi connectivity index (χ3v) is 6.78. The fraction of sp³-hybridized carbons (Fsp3) is 0.381. The number of amides is 2. The van der Waals surface area contributed by atoms with E-state index in [1.807, 2.05) is 57.4 Å². The predicted octanol–water partition coefficient (Wildman–Crippen LogP) is 3.73. The van der Waals surface area contributed by atoms with Crippen LogP contribution in [0.5, 0.6) is 0 Å². The Balaban J connectivity index is 1.62. The number of nitrogens with one attached hydrogen (secondary N) is 2. The standard InChI is InChI=1S/C21H26N6O2S2/c1-6-27-17(11-22-19(29)16-9-7-8-12(2)10-16)25-26-21(27)31-15(5)18(28)24-20-23-13(3)14(4)30-20/h7-10,15H,6,11H2,1-5H3,(H,22,29)(H,23,24,28)/t15-/m0/s1. The SMILES string of the molecule is CCn1c(CNC(=O)c2cccc(C)c2)nnc1S[C@@H](C)C(=O)Nc1nc(C)c(C)s1. The van der Waals surface area contributed by atoms with Crippen molar-refractivity contribution in [1.82, 2.24) is 25.1 Å². The molecular formula is C21H26N6O2S2. The summed E-state index contributed by atoms with van der Waals surface area (Å²) in [7, 11) is 0. The number of nitrogens with zero attached hydrogens (tertiary/aromatic N) is 4. The summed E-state index contributed by atoms with van der Waals surface area (Å²) in [6.45, 7) is 10.5. The summed E-state index contributed by atoms with van der Waals surface area (Å²) in [5, 5.41) is 15.1. The lowest BCUT2D eigenvalue weighted by atomic mass is 10.1. The van der Waals surface area contributed by atoms with Gasteiger partial charge < -0.3 is 15.2 Å². The van der Waals surface area contributed by atoms with Gasteiger partial charge in [-0.2, -0.15) is 0 Å². The fourth-order valence-electron chi connectivity index (χ4n) is 2.85. The van der Waals surface area contributed by atoms with E-state index in [1.54, 1.807) is 6.07 Å². The normalized spacial score (nSPS) is 11.9. The number of benzene rings is 1. The molecule has 10 heteroatoms. The second kappa shape index (κ2) is 10.1. The Bertz CT molecular complexity index is 1070. The second-order valence-corrected chi connectivity index (χ2v) is 9.62. The summed E-state index contributed by atoms with van der Waals surface area (Å²) < 4.78 is 1.91. The van der Waals surface area contributed by atoms with Crippen molar-refractivity contribution in [3.63, 3.8) is 0 Å². The van der Waals surface area contributed by atoms with E-state index < -0.39 is 0 Å². The molecule has 0 bridgehead atoms. The molecule has 0 saturated carbocycles. The Morgan fingerprint density at radius 1 is 1.23 bits per heavy atom. The van der Waals surface area contributed by atoms with Crippen molar-refractivity contribution < 1.29 is 9.59 Å². The molecule has 3 aromatic rings. The van der Waals surface area contributed by atoms with Crippen LogP contribution in [0.15, 0.2) is 29.4 Å². The molecule has 164 valence electrons. The number of hydrogen-bond acceptors (Lipinski definition) is 7. The van der Waals surface area contributed by atoms with E-state index in [2.05, 4.69) is 25.8 Å². The molecule has 3 rings (SSSR count). The summed E-state index contributed by atoms with van der Waals surface area (Å²) in [5.41, 5.74) is 2.55. The van der Waals surface area contributed by atoms with Gasteiger partial charge in [0.05, 0.1) is 17.5 Å². The minimum absolute atomic E-state index is 0.140. The van der Waals surface area contributed by atoms with Gasteiger partial charge in [-0.1, -0.05) is 29.5 Å².